The second kappa shape index (κ2) is 13.7. The van der Waals surface area contributed by atoms with Crippen LogP contribution in [0.5, 0.6) is 11.5 Å². The third-order valence-electron chi connectivity index (χ3n) is 5.70. The zero-order chi connectivity index (χ0) is 22.4. The molecular weight excluding hydrogens is 390 g/mol. The molecule has 170 valence electrons. The summed E-state index contributed by atoms with van der Waals surface area (Å²) in [5.74, 6) is 1.10. The predicted octanol–water partition coefficient (Wildman–Crippen LogP) is 6.60. The number of ether oxygens (including phenoxy) is 2. The van der Waals surface area contributed by atoms with Crippen molar-refractivity contribution in [3.05, 3.63) is 35.9 Å². The van der Waals surface area contributed by atoms with Crippen molar-refractivity contribution in [2.45, 2.75) is 96.0 Å². The van der Waals surface area contributed by atoms with Gasteiger partial charge in [-0.3, -0.25) is 4.79 Å². The maximum Gasteiger partial charge on any atom is 0.303 e. The second-order valence-corrected chi connectivity index (χ2v) is 8.60. The van der Waals surface area contributed by atoms with E-state index in [0.717, 1.165) is 75.7 Å². The number of hydrogen-bond acceptors (Lipinski definition) is 4. The SMILES string of the molecule is CC1(/C=C/CCCCCCC#N)CCc2cc(OCCCCCCC(=O)O)ccc2O1. The molecule has 0 saturated heterocycles. The summed E-state index contributed by atoms with van der Waals surface area (Å²) < 4.78 is 12.2. The number of carboxylic acids is 1. The van der Waals surface area contributed by atoms with E-state index in [1.165, 1.54) is 12.0 Å². The Hall–Kier alpha value is -2.48. The van der Waals surface area contributed by atoms with Crippen molar-refractivity contribution >= 4 is 5.97 Å². The highest BCUT2D eigenvalue weighted by atomic mass is 16.5. The highest BCUT2D eigenvalue weighted by Crippen LogP contribution is 2.36. The van der Waals surface area contributed by atoms with E-state index in [-0.39, 0.29) is 12.0 Å². The first-order valence-corrected chi connectivity index (χ1v) is 11.7. The van der Waals surface area contributed by atoms with Gasteiger partial charge in [-0.05, 0) is 81.7 Å². The van der Waals surface area contributed by atoms with Crippen molar-refractivity contribution in [3.63, 3.8) is 0 Å². The molecule has 5 nitrogen and oxygen atoms in total. The van der Waals surface area contributed by atoms with Gasteiger partial charge in [0, 0.05) is 12.8 Å². The predicted molar refractivity (Wildman–Crippen MR) is 122 cm³/mol. The Morgan fingerprint density at radius 1 is 1.19 bits per heavy atom. The fourth-order valence-electron chi connectivity index (χ4n) is 3.82. The maximum absolute atomic E-state index is 10.5. The van der Waals surface area contributed by atoms with Crippen LogP contribution in [0.3, 0.4) is 0 Å². The summed E-state index contributed by atoms with van der Waals surface area (Å²) >= 11 is 0. The minimum Gasteiger partial charge on any atom is -0.494 e. The number of aryl methyl sites for hydroxylation is 1. The quantitative estimate of drug-likeness (QED) is 0.252. The zero-order valence-electron chi connectivity index (χ0n) is 18.9. The smallest absolute Gasteiger partial charge is 0.303 e. The molecule has 0 radical (unpaired) electrons. The average molecular weight is 428 g/mol. The molecule has 1 aromatic carbocycles. The Bertz CT molecular complexity index is 752. The number of hydrogen-bond donors (Lipinski definition) is 1. The number of nitrogens with zero attached hydrogens (tertiary/aromatic N) is 1. The number of unbranched alkanes of at least 4 members (excludes halogenated alkanes) is 8. The van der Waals surface area contributed by atoms with E-state index >= 15 is 0 Å². The molecule has 31 heavy (non-hydrogen) atoms. The molecule has 0 saturated carbocycles. The van der Waals surface area contributed by atoms with Crippen LogP contribution in [0.15, 0.2) is 30.4 Å². The number of aliphatic carboxylic acids is 1. The van der Waals surface area contributed by atoms with Crippen molar-refractivity contribution in [3.8, 4) is 17.6 Å². The first-order chi connectivity index (χ1) is 15.0. The second-order valence-electron chi connectivity index (χ2n) is 8.60. The van der Waals surface area contributed by atoms with Crippen molar-refractivity contribution in [1.82, 2.24) is 0 Å². The summed E-state index contributed by atoms with van der Waals surface area (Å²) in [5.41, 5.74) is 0.939. The largest absolute Gasteiger partial charge is 0.494 e. The van der Waals surface area contributed by atoms with E-state index in [4.69, 9.17) is 19.8 Å². The summed E-state index contributed by atoms with van der Waals surface area (Å²) in [6, 6.07) is 8.27. The van der Waals surface area contributed by atoms with Gasteiger partial charge in [-0.1, -0.05) is 31.8 Å². The van der Waals surface area contributed by atoms with E-state index in [0.29, 0.717) is 13.0 Å². The molecule has 1 atom stereocenters. The molecular formula is C26H37NO4. The van der Waals surface area contributed by atoms with Gasteiger partial charge in [0.1, 0.15) is 17.1 Å². The van der Waals surface area contributed by atoms with Crippen molar-refractivity contribution in [1.29, 1.82) is 5.26 Å². The molecule has 1 unspecified atom stereocenters. The molecule has 0 aliphatic carbocycles. The normalized spacial score (nSPS) is 17.7. The minimum absolute atomic E-state index is 0.253. The molecule has 0 spiro atoms. The number of allylic oxidation sites excluding steroid dienone is 1. The first-order valence-electron chi connectivity index (χ1n) is 11.7. The lowest BCUT2D eigenvalue weighted by atomic mass is 9.91. The Morgan fingerprint density at radius 3 is 2.77 bits per heavy atom. The molecule has 1 aliphatic heterocycles. The monoisotopic (exact) mass is 427 g/mol. The Labute approximate surface area is 187 Å². The van der Waals surface area contributed by atoms with Gasteiger partial charge in [0.05, 0.1) is 12.7 Å². The van der Waals surface area contributed by atoms with Crippen molar-refractivity contribution in [2.75, 3.05) is 6.61 Å². The molecule has 0 aromatic heterocycles. The summed E-state index contributed by atoms with van der Waals surface area (Å²) in [6.45, 7) is 2.80. The van der Waals surface area contributed by atoms with Crippen molar-refractivity contribution < 1.29 is 19.4 Å². The van der Waals surface area contributed by atoms with Gasteiger partial charge in [0.15, 0.2) is 0 Å². The van der Waals surface area contributed by atoms with E-state index < -0.39 is 5.97 Å². The maximum atomic E-state index is 10.5. The molecule has 2 rings (SSSR count). The number of benzene rings is 1. The standard InChI is InChI=1S/C26H37NO4/c1-26(17-10-6-3-2-4-7-11-19-27)18-16-22-21-23(14-15-24(22)31-26)30-20-12-8-5-9-13-25(28)29/h10,14-15,17,21H,2-9,11-13,16,18,20H2,1H3,(H,28,29)/b17-10+. The van der Waals surface area contributed by atoms with E-state index in [2.05, 4.69) is 31.2 Å². The van der Waals surface area contributed by atoms with Crippen LogP contribution in [-0.4, -0.2) is 23.3 Å². The van der Waals surface area contributed by atoms with Gasteiger partial charge >= 0.3 is 5.97 Å². The molecule has 1 aromatic rings. The van der Waals surface area contributed by atoms with Crippen LogP contribution < -0.4 is 9.47 Å². The lowest BCUT2D eigenvalue weighted by molar-refractivity contribution is -0.137. The van der Waals surface area contributed by atoms with Crippen LogP contribution >= 0.6 is 0 Å². The molecule has 0 amide bonds. The summed E-state index contributed by atoms with van der Waals surface area (Å²) in [6.07, 6.45) is 16.4. The third-order valence-corrected chi connectivity index (χ3v) is 5.70. The number of carboxylic acid groups (broad SMARTS) is 1. The number of rotatable bonds is 15. The van der Waals surface area contributed by atoms with E-state index in [1.54, 1.807) is 0 Å². The van der Waals surface area contributed by atoms with Gasteiger partial charge in [-0.15, -0.1) is 0 Å². The first kappa shape index (κ1) is 24.8. The van der Waals surface area contributed by atoms with Crippen LogP contribution in [0.2, 0.25) is 0 Å². The fraction of sp³-hybridized carbons (Fsp3) is 0.615. The van der Waals surface area contributed by atoms with Crippen LogP contribution in [0.25, 0.3) is 0 Å². The summed E-state index contributed by atoms with van der Waals surface area (Å²) in [5, 5.41) is 17.2. The van der Waals surface area contributed by atoms with Crippen LogP contribution in [0.4, 0.5) is 0 Å². The fourth-order valence-corrected chi connectivity index (χ4v) is 3.82. The van der Waals surface area contributed by atoms with Gasteiger partial charge in [-0.25, -0.2) is 0 Å². The van der Waals surface area contributed by atoms with Gasteiger partial charge in [0.25, 0.3) is 0 Å². The molecule has 0 bridgehead atoms. The highest BCUT2D eigenvalue weighted by Gasteiger charge is 2.29. The van der Waals surface area contributed by atoms with Gasteiger partial charge < -0.3 is 14.6 Å². The average Bonchev–Trinajstić information content (AvgIpc) is 2.75. The van der Waals surface area contributed by atoms with E-state index in [9.17, 15) is 4.79 Å². The van der Waals surface area contributed by atoms with Crippen LogP contribution in [0.1, 0.15) is 89.5 Å². The Kier molecular flexibility index (Phi) is 11.0. The summed E-state index contributed by atoms with van der Waals surface area (Å²) in [4.78, 5) is 10.5. The lowest BCUT2D eigenvalue weighted by Gasteiger charge is -2.33. The third kappa shape index (κ3) is 9.91. The van der Waals surface area contributed by atoms with Gasteiger partial charge in [-0.2, -0.15) is 5.26 Å². The molecule has 1 heterocycles. The van der Waals surface area contributed by atoms with Crippen LogP contribution in [0, 0.1) is 11.3 Å². The molecule has 5 heteroatoms. The minimum atomic E-state index is -0.720. The molecule has 1 N–H and O–H groups in total. The van der Waals surface area contributed by atoms with Crippen molar-refractivity contribution in [2.24, 2.45) is 0 Å². The number of nitriles is 1. The topological polar surface area (TPSA) is 79.5 Å². The Balaban J connectivity index is 1.69. The number of fused-ring (bicyclic) bond motifs is 1. The van der Waals surface area contributed by atoms with Gasteiger partial charge in [0.2, 0.25) is 0 Å². The molecule has 1 aliphatic rings. The Morgan fingerprint density at radius 2 is 1.97 bits per heavy atom. The van der Waals surface area contributed by atoms with Crippen LogP contribution in [-0.2, 0) is 11.2 Å². The highest BCUT2D eigenvalue weighted by molar-refractivity contribution is 5.66. The van der Waals surface area contributed by atoms with E-state index in [1.807, 2.05) is 12.1 Å². The number of carbonyl (C=O) groups is 1. The molecule has 0 fully saturated rings. The summed E-state index contributed by atoms with van der Waals surface area (Å²) in [7, 11) is 0. The zero-order valence-corrected chi connectivity index (χ0v) is 18.9. The lowest BCUT2D eigenvalue weighted by Crippen LogP contribution is -2.34.